The average molecular weight is 356 g/mol. The molecule has 122 valence electrons. The fraction of sp³-hybridized carbons (Fsp3) is 1.00. The summed E-state index contributed by atoms with van der Waals surface area (Å²) in [5.41, 5.74) is 0. The van der Waals surface area contributed by atoms with Gasteiger partial charge >= 0.3 is 0 Å². The number of rotatable bonds is 13. The van der Waals surface area contributed by atoms with Crippen molar-refractivity contribution in [2.45, 2.75) is 102 Å². The van der Waals surface area contributed by atoms with Gasteiger partial charge in [-0.1, -0.05) is 90.4 Å². The molecule has 20 heavy (non-hydrogen) atoms. The Bertz CT molecular complexity index is 195. The molecule has 0 spiro atoms. The number of hydrogen-bond donors (Lipinski definition) is 0. The molecule has 0 aliphatic heterocycles. The molecule has 0 radical (unpaired) electrons. The van der Waals surface area contributed by atoms with Gasteiger partial charge in [0.05, 0.1) is 0 Å². The first-order valence-corrected chi connectivity index (χ1v) is 17.0. The summed E-state index contributed by atoms with van der Waals surface area (Å²) in [5, 5.41) is 0. The molecular formula is C16H36Cl2Si2. The summed E-state index contributed by atoms with van der Waals surface area (Å²) in [7, 11) is -2.60. The van der Waals surface area contributed by atoms with Crippen LogP contribution in [0.5, 0.6) is 0 Å². The second-order valence-electron chi connectivity index (χ2n) is 7.47. The molecule has 0 aromatic rings. The van der Waals surface area contributed by atoms with Gasteiger partial charge in [-0.2, -0.15) is 22.2 Å². The van der Waals surface area contributed by atoms with E-state index < -0.39 is 14.8 Å². The normalized spacial score (nSPS) is 12.9. The molecule has 0 saturated heterocycles. The Morgan fingerprint density at radius 3 is 0.850 bits per heavy atom. The Morgan fingerprint density at radius 2 is 0.650 bits per heavy atom. The van der Waals surface area contributed by atoms with Crippen molar-refractivity contribution in [3.05, 3.63) is 0 Å². The van der Waals surface area contributed by atoms with Crippen LogP contribution in [-0.2, 0) is 0 Å². The number of hydrogen-bond acceptors (Lipinski definition) is 0. The van der Waals surface area contributed by atoms with Gasteiger partial charge in [0.15, 0.2) is 0 Å². The summed E-state index contributed by atoms with van der Waals surface area (Å²) >= 11 is 12.6. The van der Waals surface area contributed by atoms with Crippen molar-refractivity contribution in [3.8, 4) is 0 Å². The van der Waals surface area contributed by atoms with Crippen molar-refractivity contribution < 1.29 is 0 Å². The van der Waals surface area contributed by atoms with E-state index in [0.717, 1.165) is 0 Å². The van der Waals surface area contributed by atoms with Crippen molar-refractivity contribution in [2.75, 3.05) is 0 Å². The van der Waals surface area contributed by atoms with Gasteiger partial charge in [0.25, 0.3) is 0 Å². The average Bonchev–Trinajstić information content (AvgIpc) is 2.27. The lowest BCUT2D eigenvalue weighted by molar-refractivity contribution is 0.561. The van der Waals surface area contributed by atoms with Crippen LogP contribution in [0.1, 0.15) is 64.2 Å². The number of halogens is 2. The van der Waals surface area contributed by atoms with Gasteiger partial charge in [-0.25, -0.2) is 0 Å². The first kappa shape index (κ1) is 21.0. The standard InChI is InChI=1S/C16H36Cl2Si2/c1-19(2,17)15-13-11-9-7-5-6-8-10-12-14-16-20(3,4)18/h5-16H2,1-4H3. The van der Waals surface area contributed by atoms with Gasteiger partial charge in [0.2, 0.25) is 0 Å². The zero-order valence-corrected chi connectivity index (χ0v) is 17.8. The van der Waals surface area contributed by atoms with Gasteiger partial charge in [0.1, 0.15) is 14.8 Å². The maximum Gasteiger partial charge on any atom is 0.150 e. The molecule has 0 unspecified atom stereocenters. The molecule has 0 aromatic carbocycles. The summed E-state index contributed by atoms with van der Waals surface area (Å²) in [6.45, 7) is 9.01. The lowest BCUT2D eigenvalue weighted by Crippen LogP contribution is -2.14. The smallest absolute Gasteiger partial charge is 0.150 e. The van der Waals surface area contributed by atoms with Gasteiger partial charge in [0, 0.05) is 0 Å². The predicted octanol–water partition coefficient (Wildman–Crippen LogP) is 7.78. The van der Waals surface area contributed by atoms with Crippen LogP contribution in [0.3, 0.4) is 0 Å². The highest BCUT2D eigenvalue weighted by Gasteiger charge is 2.15. The quantitative estimate of drug-likeness (QED) is 0.180. The highest BCUT2D eigenvalue weighted by Crippen LogP contribution is 2.20. The Labute approximate surface area is 139 Å². The van der Waals surface area contributed by atoms with Crippen molar-refractivity contribution in [3.63, 3.8) is 0 Å². The summed E-state index contributed by atoms with van der Waals surface area (Å²) in [6, 6.07) is 2.57. The zero-order chi connectivity index (χ0) is 15.5. The lowest BCUT2D eigenvalue weighted by Gasteiger charge is -2.12. The monoisotopic (exact) mass is 354 g/mol. The molecule has 0 amide bonds. The second-order valence-corrected chi connectivity index (χ2v) is 21.5. The number of unbranched alkanes of at least 4 members (excludes halogenated alkanes) is 9. The first-order valence-electron chi connectivity index (χ1n) is 8.59. The van der Waals surface area contributed by atoms with Crippen LogP contribution in [0.2, 0.25) is 38.3 Å². The van der Waals surface area contributed by atoms with E-state index in [2.05, 4.69) is 26.2 Å². The van der Waals surface area contributed by atoms with Crippen molar-refractivity contribution >= 4 is 36.9 Å². The fourth-order valence-corrected chi connectivity index (χ4v) is 5.49. The van der Waals surface area contributed by atoms with Crippen LogP contribution in [0, 0.1) is 0 Å². The van der Waals surface area contributed by atoms with Crippen LogP contribution < -0.4 is 0 Å². The summed E-state index contributed by atoms with van der Waals surface area (Å²) in [5.74, 6) is 0. The molecule has 0 bridgehead atoms. The van der Waals surface area contributed by atoms with E-state index in [-0.39, 0.29) is 0 Å². The minimum atomic E-state index is -1.30. The lowest BCUT2D eigenvalue weighted by atomic mass is 10.1. The van der Waals surface area contributed by atoms with Crippen LogP contribution in [0.15, 0.2) is 0 Å². The molecular weight excluding hydrogens is 319 g/mol. The van der Waals surface area contributed by atoms with Gasteiger partial charge < -0.3 is 0 Å². The maximum absolute atomic E-state index is 6.32. The van der Waals surface area contributed by atoms with Crippen LogP contribution in [0.4, 0.5) is 0 Å². The highest BCUT2D eigenvalue weighted by atomic mass is 35.6. The van der Waals surface area contributed by atoms with Crippen molar-refractivity contribution in [1.29, 1.82) is 0 Å². The van der Waals surface area contributed by atoms with E-state index >= 15 is 0 Å². The molecule has 0 N–H and O–H groups in total. The van der Waals surface area contributed by atoms with Gasteiger partial charge in [-0.15, -0.1) is 0 Å². The molecule has 0 atom stereocenters. The fourth-order valence-electron chi connectivity index (χ4n) is 2.50. The van der Waals surface area contributed by atoms with E-state index in [9.17, 15) is 0 Å². The van der Waals surface area contributed by atoms with Gasteiger partial charge in [-0.3, -0.25) is 0 Å². The summed E-state index contributed by atoms with van der Waals surface area (Å²) in [4.78, 5) is 0. The van der Waals surface area contributed by atoms with E-state index in [1.54, 1.807) is 0 Å². The Hall–Kier alpha value is 1.01. The Morgan fingerprint density at radius 1 is 0.450 bits per heavy atom. The molecule has 0 heterocycles. The van der Waals surface area contributed by atoms with E-state index in [4.69, 9.17) is 22.2 Å². The first-order chi connectivity index (χ1) is 9.21. The van der Waals surface area contributed by atoms with E-state index in [0.29, 0.717) is 0 Å². The molecule has 0 aromatic heterocycles. The minimum absolute atomic E-state index is 1.29. The molecule has 4 heteroatoms. The predicted molar refractivity (Wildman–Crippen MR) is 102 cm³/mol. The molecule has 0 aliphatic rings. The highest BCUT2D eigenvalue weighted by molar-refractivity contribution is 7.19. The third kappa shape index (κ3) is 19.0. The second kappa shape index (κ2) is 11.6. The zero-order valence-electron chi connectivity index (χ0n) is 14.2. The molecule has 0 nitrogen and oxygen atoms in total. The molecule has 0 rings (SSSR count). The molecule has 0 aliphatic carbocycles. The summed E-state index contributed by atoms with van der Waals surface area (Å²) in [6.07, 6.45) is 14.0. The van der Waals surface area contributed by atoms with Crippen molar-refractivity contribution in [2.24, 2.45) is 0 Å². The van der Waals surface area contributed by atoms with E-state index in [1.165, 1.54) is 76.3 Å². The van der Waals surface area contributed by atoms with Crippen LogP contribution in [0.25, 0.3) is 0 Å². The third-order valence-electron chi connectivity index (χ3n) is 3.79. The van der Waals surface area contributed by atoms with Crippen LogP contribution in [-0.4, -0.2) is 14.8 Å². The Kier molecular flexibility index (Phi) is 12.2. The largest absolute Gasteiger partial charge is 0.168 e. The topological polar surface area (TPSA) is 0 Å². The van der Waals surface area contributed by atoms with Crippen molar-refractivity contribution in [1.82, 2.24) is 0 Å². The van der Waals surface area contributed by atoms with Gasteiger partial charge in [-0.05, 0) is 12.1 Å². The van der Waals surface area contributed by atoms with Crippen LogP contribution >= 0.6 is 22.2 Å². The summed E-state index contributed by atoms with van der Waals surface area (Å²) < 4.78 is 0. The Balaban J connectivity index is 3.10. The SMILES string of the molecule is C[Si](C)(Cl)CCCCCCCCCCCC[Si](C)(C)Cl. The molecule has 0 saturated carbocycles. The molecule has 0 fully saturated rings. The van der Waals surface area contributed by atoms with E-state index in [1.807, 2.05) is 0 Å². The minimum Gasteiger partial charge on any atom is -0.168 e. The third-order valence-corrected chi connectivity index (χ3v) is 8.01. The maximum atomic E-state index is 6.32.